The molecule has 0 radical (unpaired) electrons. The Hall–Kier alpha value is -1.77. The molecule has 0 aromatic carbocycles. The third-order valence-electron chi connectivity index (χ3n) is 3.99. The van der Waals surface area contributed by atoms with Crippen molar-refractivity contribution in [1.82, 2.24) is 25.3 Å². The van der Waals surface area contributed by atoms with Crippen LogP contribution in [0.4, 0.5) is 0 Å². The Balaban J connectivity index is 1.45. The molecule has 23 heavy (non-hydrogen) atoms. The number of thiophene rings is 1. The number of carbonyl (C=O) groups is 1. The molecule has 1 amide bonds. The standard InChI is InChI=1S/C15H21N5O2S/c1-19(2)11-5-6-20(9-11)10-14(21)16-8-13-17-15(22-18-13)12-4-3-7-23-12/h3-4,7,11H,5-6,8-10H2,1-2H3,(H,16,21). The van der Waals surface area contributed by atoms with Crippen molar-refractivity contribution >= 4 is 17.2 Å². The van der Waals surface area contributed by atoms with Crippen molar-refractivity contribution in [2.24, 2.45) is 0 Å². The van der Waals surface area contributed by atoms with Gasteiger partial charge in [0.2, 0.25) is 5.91 Å². The van der Waals surface area contributed by atoms with Gasteiger partial charge in [-0.25, -0.2) is 0 Å². The fourth-order valence-electron chi connectivity index (χ4n) is 2.64. The van der Waals surface area contributed by atoms with Crippen molar-refractivity contribution in [2.75, 3.05) is 33.7 Å². The number of rotatable bonds is 6. The van der Waals surface area contributed by atoms with Crippen molar-refractivity contribution in [2.45, 2.75) is 19.0 Å². The molecule has 3 heterocycles. The first-order chi connectivity index (χ1) is 11.1. The van der Waals surface area contributed by atoms with E-state index in [9.17, 15) is 4.79 Å². The minimum absolute atomic E-state index is 0.00752. The molecule has 1 fully saturated rings. The number of likely N-dealkylation sites (N-methyl/N-ethyl adjacent to an activating group) is 1. The van der Waals surface area contributed by atoms with Crippen LogP contribution in [0.1, 0.15) is 12.2 Å². The smallest absolute Gasteiger partial charge is 0.268 e. The predicted octanol–water partition coefficient (Wildman–Crippen LogP) is 1.05. The van der Waals surface area contributed by atoms with Gasteiger partial charge in [-0.2, -0.15) is 4.98 Å². The van der Waals surface area contributed by atoms with Gasteiger partial charge in [0.25, 0.3) is 5.89 Å². The van der Waals surface area contributed by atoms with Crippen LogP contribution < -0.4 is 5.32 Å². The normalized spacial score (nSPS) is 18.7. The van der Waals surface area contributed by atoms with E-state index < -0.39 is 0 Å². The van der Waals surface area contributed by atoms with E-state index >= 15 is 0 Å². The van der Waals surface area contributed by atoms with E-state index in [0.29, 0.717) is 30.8 Å². The summed E-state index contributed by atoms with van der Waals surface area (Å²) in [5.41, 5.74) is 0. The van der Waals surface area contributed by atoms with Crippen LogP contribution in [0.5, 0.6) is 0 Å². The summed E-state index contributed by atoms with van der Waals surface area (Å²) >= 11 is 1.54. The Morgan fingerprint density at radius 3 is 3.13 bits per heavy atom. The van der Waals surface area contributed by atoms with Gasteiger partial charge in [-0.15, -0.1) is 11.3 Å². The third-order valence-corrected chi connectivity index (χ3v) is 4.85. The van der Waals surface area contributed by atoms with Crippen LogP contribution in [0.25, 0.3) is 10.8 Å². The van der Waals surface area contributed by atoms with Crippen LogP contribution in [0.15, 0.2) is 22.0 Å². The molecule has 8 heteroatoms. The third kappa shape index (κ3) is 4.15. The average Bonchev–Trinajstić information content (AvgIpc) is 3.25. The summed E-state index contributed by atoms with van der Waals surface area (Å²) in [6.07, 6.45) is 1.11. The lowest BCUT2D eigenvalue weighted by Gasteiger charge is -2.19. The molecule has 0 saturated carbocycles. The second kappa shape index (κ2) is 7.20. The summed E-state index contributed by atoms with van der Waals surface area (Å²) in [6.45, 7) is 2.60. The van der Waals surface area contributed by atoms with Gasteiger partial charge in [0.15, 0.2) is 5.82 Å². The second-order valence-corrected chi connectivity index (χ2v) is 6.86. The molecule has 2 aromatic heterocycles. The van der Waals surface area contributed by atoms with E-state index in [2.05, 4.69) is 39.4 Å². The first kappa shape index (κ1) is 16.1. The molecule has 0 aliphatic carbocycles. The molecular weight excluding hydrogens is 314 g/mol. The molecule has 7 nitrogen and oxygen atoms in total. The monoisotopic (exact) mass is 335 g/mol. The molecule has 2 aromatic rings. The number of hydrogen-bond acceptors (Lipinski definition) is 7. The Morgan fingerprint density at radius 1 is 1.57 bits per heavy atom. The van der Waals surface area contributed by atoms with Gasteiger partial charge in [0, 0.05) is 19.1 Å². The van der Waals surface area contributed by atoms with E-state index in [0.717, 1.165) is 24.4 Å². The minimum atomic E-state index is -0.00752. The lowest BCUT2D eigenvalue weighted by atomic mass is 10.2. The molecule has 1 unspecified atom stereocenters. The van der Waals surface area contributed by atoms with Crippen LogP contribution >= 0.6 is 11.3 Å². The van der Waals surface area contributed by atoms with Gasteiger partial charge in [-0.05, 0) is 32.0 Å². The average molecular weight is 335 g/mol. The minimum Gasteiger partial charge on any atom is -0.348 e. The lowest BCUT2D eigenvalue weighted by molar-refractivity contribution is -0.122. The first-order valence-electron chi connectivity index (χ1n) is 7.64. The summed E-state index contributed by atoms with van der Waals surface area (Å²) in [5, 5.41) is 8.71. The molecule has 0 spiro atoms. The summed E-state index contributed by atoms with van der Waals surface area (Å²) in [4.78, 5) is 21.6. The molecule has 1 saturated heterocycles. The van der Waals surface area contributed by atoms with Crippen LogP contribution in [0.3, 0.4) is 0 Å². The zero-order valence-electron chi connectivity index (χ0n) is 13.4. The maximum absolute atomic E-state index is 12.0. The molecule has 3 rings (SSSR count). The van der Waals surface area contributed by atoms with Crippen molar-refractivity contribution in [3.05, 3.63) is 23.3 Å². The molecule has 0 bridgehead atoms. The fraction of sp³-hybridized carbons (Fsp3) is 0.533. The number of nitrogens with one attached hydrogen (secondary N) is 1. The quantitative estimate of drug-likeness (QED) is 0.850. The van der Waals surface area contributed by atoms with E-state index in [1.54, 1.807) is 11.3 Å². The Bertz CT molecular complexity index is 640. The number of hydrogen-bond donors (Lipinski definition) is 1. The number of aromatic nitrogens is 2. The summed E-state index contributed by atoms with van der Waals surface area (Å²) in [5.74, 6) is 0.985. The Morgan fingerprint density at radius 2 is 2.43 bits per heavy atom. The van der Waals surface area contributed by atoms with Crippen molar-refractivity contribution < 1.29 is 9.32 Å². The van der Waals surface area contributed by atoms with Crippen LogP contribution in [0, 0.1) is 0 Å². The number of likely N-dealkylation sites (tertiary alicyclic amines) is 1. The number of carbonyl (C=O) groups excluding carboxylic acids is 1. The van der Waals surface area contributed by atoms with Crippen molar-refractivity contribution in [3.63, 3.8) is 0 Å². The highest BCUT2D eigenvalue weighted by Crippen LogP contribution is 2.22. The predicted molar refractivity (Wildman–Crippen MR) is 88.0 cm³/mol. The highest BCUT2D eigenvalue weighted by atomic mass is 32.1. The Kier molecular flexibility index (Phi) is 5.04. The molecule has 124 valence electrons. The highest BCUT2D eigenvalue weighted by molar-refractivity contribution is 7.13. The molecule has 1 atom stereocenters. The van der Waals surface area contributed by atoms with Gasteiger partial charge in [-0.3, -0.25) is 9.69 Å². The first-order valence-corrected chi connectivity index (χ1v) is 8.51. The Labute approximate surface area is 139 Å². The largest absolute Gasteiger partial charge is 0.348 e. The summed E-state index contributed by atoms with van der Waals surface area (Å²) in [6, 6.07) is 4.39. The second-order valence-electron chi connectivity index (χ2n) is 5.91. The van der Waals surface area contributed by atoms with Crippen molar-refractivity contribution in [3.8, 4) is 10.8 Å². The van der Waals surface area contributed by atoms with Crippen LogP contribution in [-0.2, 0) is 11.3 Å². The van der Waals surface area contributed by atoms with Crippen molar-refractivity contribution in [1.29, 1.82) is 0 Å². The summed E-state index contributed by atoms with van der Waals surface area (Å²) in [7, 11) is 4.16. The van der Waals surface area contributed by atoms with E-state index in [-0.39, 0.29) is 5.91 Å². The molecule has 1 N–H and O–H groups in total. The molecule has 1 aliphatic heterocycles. The zero-order chi connectivity index (χ0) is 16.2. The van der Waals surface area contributed by atoms with Crippen LogP contribution in [-0.4, -0.2) is 65.6 Å². The molecule has 1 aliphatic rings. The maximum atomic E-state index is 12.0. The van der Waals surface area contributed by atoms with Gasteiger partial charge in [0.05, 0.1) is 18.0 Å². The van der Waals surface area contributed by atoms with E-state index in [1.165, 1.54) is 0 Å². The zero-order valence-corrected chi connectivity index (χ0v) is 14.2. The van der Waals surface area contributed by atoms with E-state index in [1.807, 2.05) is 17.5 Å². The maximum Gasteiger partial charge on any atom is 0.268 e. The number of amides is 1. The fourth-order valence-corrected chi connectivity index (χ4v) is 3.28. The van der Waals surface area contributed by atoms with E-state index in [4.69, 9.17) is 4.52 Å². The van der Waals surface area contributed by atoms with Crippen LogP contribution in [0.2, 0.25) is 0 Å². The topological polar surface area (TPSA) is 74.5 Å². The highest BCUT2D eigenvalue weighted by Gasteiger charge is 2.25. The lowest BCUT2D eigenvalue weighted by Crippen LogP contribution is -2.38. The SMILES string of the molecule is CN(C)C1CCN(CC(=O)NCc2noc(-c3cccs3)n2)C1. The van der Waals surface area contributed by atoms with Gasteiger partial charge < -0.3 is 14.7 Å². The van der Waals surface area contributed by atoms with Gasteiger partial charge >= 0.3 is 0 Å². The number of nitrogens with zero attached hydrogens (tertiary/aromatic N) is 4. The van der Waals surface area contributed by atoms with Gasteiger partial charge in [-0.1, -0.05) is 11.2 Å². The van der Waals surface area contributed by atoms with Gasteiger partial charge in [0.1, 0.15) is 0 Å². The summed E-state index contributed by atoms with van der Waals surface area (Å²) < 4.78 is 5.20. The molecular formula is C15H21N5O2S.